The number of hydrogen-bond donors (Lipinski definition) is 0. The third kappa shape index (κ3) is 12.2. The van der Waals surface area contributed by atoms with Crippen LogP contribution >= 0.6 is 0 Å². The first-order chi connectivity index (χ1) is 18.8. The SMILES string of the molecule is CC/C=C/C(C)(C)C(=O)O[C@@H](CCC=O)C[C@@H](OCc1ccc(OC)cc1)[C@@H](C)OCOCc1ccccc1. The van der Waals surface area contributed by atoms with Crippen molar-refractivity contribution in [1.82, 2.24) is 0 Å². The lowest BCUT2D eigenvalue weighted by Crippen LogP contribution is -2.37. The Morgan fingerprint density at radius 2 is 1.67 bits per heavy atom. The van der Waals surface area contributed by atoms with E-state index in [9.17, 15) is 9.59 Å². The fourth-order valence-corrected chi connectivity index (χ4v) is 3.84. The molecule has 7 heteroatoms. The molecule has 214 valence electrons. The summed E-state index contributed by atoms with van der Waals surface area (Å²) in [5, 5.41) is 0. The molecular weight excluding hydrogens is 496 g/mol. The maximum absolute atomic E-state index is 13.0. The second-order valence-corrected chi connectivity index (χ2v) is 10.1. The highest BCUT2D eigenvalue weighted by atomic mass is 16.7. The molecule has 0 saturated heterocycles. The Morgan fingerprint density at radius 3 is 2.31 bits per heavy atom. The van der Waals surface area contributed by atoms with Crippen molar-refractivity contribution in [2.45, 2.75) is 84.9 Å². The summed E-state index contributed by atoms with van der Waals surface area (Å²) in [6.07, 6.45) is 5.27. The molecule has 0 aromatic heterocycles. The van der Waals surface area contributed by atoms with Gasteiger partial charge in [-0.05, 0) is 56.9 Å². The number of esters is 1. The number of aldehydes is 1. The summed E-state index contributed by atoms with van der Waals surface area (Å²) >= 11 is 0. The monoisotopic (exact) mass is 540 g/mol. The fourth-order valence-electron chi connectivity index (χ4n) is 3.84. The number of carbonyl (C=O) groups excluding carboxylic acids is 2. The van der Waals surface area contributed by atoms with Crippen LogP contribution in [0.25, 0.3) is 0 Å². The van der Waals surface area contributed by atoms with Gasteiger partial charge in [0.15, 0.2) is 0 Å². The van der Waals surface area contributed by atoms with Crippen molar-refractivity contribution in [2.24, 2.45) is 5.41 Å². The van der Waals surface area contributed by atoms with Crippen LogP contribution in [0.1, 0.15) is 64.5 Å². The van der Waals surface area contributed by atoms with Crippen molar-refractivity contribution >= 4 is 12.3 Å². The van der Waals surface area contributed by atoms with Gasteiger partial charge in [0.1, 0.15) is 24.9 Å². The lowest BCUT2D eigenvalue weighted by molar-refractivity contribution is -0.166. The van der Waals surface area contributed by atoms with Gasteiger partial charge in [-0.15, -0.1) is 0 Å². The van der Waals surface area contributed by atoms with E-state index in [0.717, 1.165) is 29.6 Å². The molecule has 0 saturated carbocycles. The Morgan fingerprint density at radius 1 is 0.974 bits per heavy atom. The van der Waals surface area contributed by atoms with Crippen molar-refractivity contribution in [2.75, 3.05) is 13.9 Å². The maximum Gasteiger partial charge on any atom is 0.315 e. The van der Waals surface area contributed by atoms with E-state index in [0.29, 0.717) is 26.1 Å². The Labute approximate surface area is 233 Å². The molecule has 0 spiro atoms. The van der Waals surface area contributed by atoms with E-state index in [-0.39, 0.29) is 25.3 Å². The number of benzene rings is 2. The van der Waals surface area contributed by atoms with Gasteiger partial charge >= 0.3 is 5.97 Å². The van der Waals surface area contributed by atoms with E-state index in [1.807, 2.05) is 94.4 Å². The van der Waals surface area contributed by atoms with Crippen LogP contribution in [0.3, 0.4) is 0 Å². The molecule has 0 N–H and O–H groups in total. The van der Waals surface area contributed by atoms with Gasteiger partial charge in [0, 0.05) is 12.8 Å². The second kappa shape index (κ2) is 17.6. The first-order valence-electron chi connectivity index (χ1n) is 13.6. The van der Waals surface area contributed by atoms with E-state index >= 15 is 0 Å². The topological polar surface area (TPSA) is 80.3 Å². The summed E-state index contributed by atoms with van der Waals surface area (Å²) in [6, 6.07) is 17.5. The predicted molar refractivity (Wildman–Crippen MR) is 151 cm³/mol. The standard InChI is InChI=1S/C32H44O7/c1-6-7-19-32(3,4)31(34)39-29(14-11-20-33)21-30(37-23-27-15-17-28(35-5)18-16-27)25(2)38-24-36-22-26-12-9-8-10-13-26/h7-10,12-13,15-20,25,29-30H,6,11,14,21-24H2,1-5H3/b19-7+/t25-,29+,30-/m1/s1. The molecule has 0 bridgehead atoms. The molecule has 0 amide bonds. The highest BCUT2D eigenvalue weighted by Gasteiger charge is 2.31. The van der Waals surface area contributed by atoms with Gasteiger partial charge in [0.2, 0.25) is 0 Å². The zero-order valence-corrected chi connectivity index (χ0v) is 24.0. The second-order valence-electron chi connectivity index (χ2n) is 10.1. The van der Waals surface area contributed by atoms with Gasteiger partial charge in [-0.25, -0.2) is 0 Å². The lowest BCUT2D eigenvalue weighted by atomic mass is 9.92. The van der Waals surface area contributed by atoms with Crippen LogP contribution in [-0.2, 0) is 41.8 Å². The lowest BCUT2D eigenvalue weighted by Gasteiger charge is -2.30. The summed E-state index contributed by atoms with van der Waals surface area (Å²) in [5.74, 6) is 0.430. The average Bonchev–Trinajstić information content (AvgIpc) is 2.95. The molecule has 0 aliphatic heterocycles. The molecule has 0 aliphatic carbocycles. The largest absolute Gasteiger partial charge is 0.497 e. The van der Waals surface area contributed by atoms with Crippen molar-refractivity contribution in [1.29, 1.82) is 0 Å². The van der Waals surface area contributed by atoms with Crippen LogP contribution in [-0.4, -0.2) is 44.5 Å². The molecular formula is C32H44O7. The van der Waals surface area contributed by atoms with Gasteiger partial charge in [0.05, 0.1) is 37.9 Å². The molecule has 39 heavy (non-hydrogen) atoms. The van der Waals surface area contributed by atoms with Crippen molar-refractivity contribution in [3.63, 3.8) is 0 Å². The zero-order chi connectivity index (χ0) is 28.5. The number of carbonyl (C=O) groups is 2. The molecule has 7 nitrogen and oxygen atoms in total. The summed E-state index contributed by atoms with van der Waals surface area (Å²) < 4.78 is 29.2. The van der Waals surface area contributed by atoms with Gasteiger partial charge in [-0.1, -0.05) is 61.5 Å². The first-order valence-corrected chi connectivity index (χ1v) is 13.6. The van der Waals surface area contributed by atoms with Crippen molar-refractivity contribution in [3.8, 4) is 5.75 Å². The molecule has 0 heterocycles. The van der Waals surface area contributed by atoms with Crippen LogP contribution in [0.15, 0.2) is 66.7 Å². The fraction of sp³-hybridized carbons (Fsp3) is 0.500. The maximum atomic E-state index is 13.0. The highest BCUT2D eigenvalue weighted by molar-refractivity contribution is 5.78. The minimum atomic E-state index is -0.776. The molecule has 0 radical (unpaired) electrons. The number of methoxy groups -OCH3 is 1. The number of rotatable bonds is 19. The molecule has 0 fully saturated rings. The summed E-state index contributed by atoms with van der Waals surface area (Å²) in [7, 11) is 1.63. The van der Waals surface area contributed by atoms with Crippen molar-refractivity contribution in [3.05, 3.63) is 77.9 Å². The first kappa shape index (κ1) is 32.2. The number of allylic oxidation sites excluding steroid dienone is 1. The van der Waals surface area contributed by atoms with E-state index in [2.05, 4.69) is 0 Å². The number of hydrogen-bond acceptors (Lipinski definition) is 7. The highest BCUT2D eigenvalue weighted by Crippen LogP contribution is 2.25. The Bertz CT molecular complexity index is 985. The van der Waals surface area contributed by atoms with Crippen LogP contribution < -0.4 is 4.74 Å². The molecule has 2 aromatic rings. The van der Waals surface area contributed by atoms with Crippen LogP contribution in [0, 0.1) is 5.41 Å². The molecule has 0 aliphatic rings. The predicted octanol–water partition coefficient (Wildman–Crippen LogP) is 6.43. The number of ether oxygens (including phenoxy) is 5. The third-order valence-corrected chi connectivity index (χ3v) is 6.34. The van der Waals surface area contributed by atoms with Gasteiger partial charge in [-0.3, -0.25) is 4.79 Å². The zero-order valence-electron chi connectivity index (χ0n) is 24.0. The smallest absolute Gasteiger partial charge is 0.315 e. The summed E-state index contributed by atoms with van der Waals surface area (Å²) in [4.78, 5) is 24.2. The van der Waals surface area contributed by atoms with Crippen LogP contribution in [0.4, 0.5) is 0 Å². The van der Waals surface area contributed by atoms with E-state index in [4.69, 9.17) is 23.7 Å². The van der Waals surface area contributed by atoms with Crippen LogP contribution in [0.5, 0.6) is 5.75 Å². The summed E-state index contributed by atoms with van der Waals surface area (Å²) in [5.41, 5.74) is 1.25. The van der Waals surface area contributed by atoms with Crippen LogP contribution in [0.2, 0.25) is 0 Å². The average molecular weight is 541 g/mol. The minimum Gasteiger partial charge on any atom is -0.497 e. The minimum absolute atomic E-state index is 0.0894. The molecule has 0 unspecified atom stereocenters. The Kier molecular flexibility index (Phi) is 14.5. The van der Waals surface area contributed by atoms with Crippen molar-refractivity contribution < 1.29 is 33.3 Å². The van der Waals surface area contributed by atoms with E-state index in [1.165, 1.54) is 0 Å². The summed E-state index contributed by atoms with van der Waals surface area (Å²) in [6.45, 7) is 8.44. The third-order valence-electron chi connectivity index (χ3n) is 6.34. The normalized spacial score (nSPS) is 14.1. The Balaban J connectivity index is 2.09. The van der Waals surface area contributed by atoms with Gasteiger partial charge in [-0.2, -0.15) is 0 Å². The molecule has 2 rings (SSSR count). The van der Waals surface area contributed by atoms with E-state index < -0.39 is 17.6 Å². The quantitative estimate of drug-likeness (QED) is 0.0667. The molecule has 3 atom stereocenters. The molecule has 2 aromatic carbocycles. The Hall–Kier alpha value is -3.00. The van der Waals surface area contributed by atoms with Gasteiger partial charge in [0.25, 0.3) is 0 Å². The van der Waals surface area contributed by atoms with Gasteiger partial charge < -0.3 is 28.5 Å². The van der Waals surface area contributed by atoms with E-state index in [1.54, 1.807) is 7.11 Å².